The van der Waals surface area contributed by atoms with Gasteiger partial charge in [-0.05, 0) is 32.1 Å². The van der Waals surface area contributed by atoms with E-state index >= 15 is 0 Å². The SMILES string of the molecule is O=C1C2CCCCN2C(=O)CCN1CC1CCCS1(=O)=O. The van der Waals surface area contributed by atoms with Crippen LogP contribution in [0.4, 0.5) is 0 Å². The number of carbonyl (C=O) groups is 2. The minimum atomic E-state index is -3.06. The molecule has 3 rings (SSSR count). The van der Waals surface area contributed by atoms with Crippen LogP contribution in [0.2, 0.25) is 0 Å². The Bertz CT molecular complexity index is 545. The van der Waals surface area contributed by atoms with Crippen LogP contribution in [0.5, 0.6) is 0 Å². The molecule has 0 N–H and O–H groups in total. The molecule has 2 atom stereocenters. The molecule has 0 aromatic carbocycles. The van der Waals surface area contributed by atoms with Crippen LogP contribution in [0.15, 0.2) is 0 Å². The predicted molar refractivity (Wildman–Crippen MR) is 77.4 cm³/mol. The summed E-state index contributed by atoms with van der Waals surface area (Å²) in [4.78, 5) is 28.1. The van der Waals surface area contributed by atoms with E-state index < -0.39 is 15.1 Å². The van der Waals surface area contributed by atoms with Gasteiger partial charge < -0.3 is 9.80 Å². The van der Waals surface area contributed by atoms with Gasteiger partial charge >= 0.3 is 0 Å². The lowest BCUT2D eigenvalue weighted by Crippen LogP contribution is -2.51. The number of fused-ring (bicyclic) bond motifs is 1. The molecule has 118 valence electrons. The Balaban J connectivity index is 1.76. The molecule has 3 heterocycles. The van der Waals surface area contributed by atoms with Crippen LogP contribution in [-0.2, 0) is 19.4 Å². The maximum Gasteiger partial charge on any atom is 0.245 e. The number of piperidine rings is 1. The summed E-state index contributed by atoms with van der Waals surface area (Å²) in [5, 5.41) is -0.438. The topological polar surface area (TPSA) is 74.8 Å². The fourth-order valence-electron chi connectivity index (χ4n) is 3.67. The molecule has 0 aromatic rings. The van der Waals surface area contributed by atoms with Gasteiger partial charge in [0.25, 0.3) is 0 Å². The predicted octanol–water partition coefficient (Wildman–Crippen LogP) is 0.177. The molecule has 3 fully saturated rings. The normalized spacial score (nSPS) is 33.0. The average molecular weight is 314 g/mol. The molecule has 0 aliphatic carbocycles. The number of hydrogen-bond acceptors (Lipinski definition) is 4. The first-order chi connectivity index (χ1) is 9.99. The Morgan fingerprint density at radius 2 is 1.86 bits per heavy atom. The van der Waals surface area contributed by atoms with Crippen LogP contribution in [0.25, 0.3) is 0 Å². The molecule has 2 unspecified atom stereocenters. The second-order valence-electron chi connectivity index (χ2n) is 6.26. The van der Waals surface area contributed by atoms with E-state index in [-0.39, 0.29) is 30.2 Å². The Morgan fingerprint density at radius 3 is 2.57 bits per heavy atom. The lowest BCUT2D eigenvalue weighted by Gasteiger charge is -2.34. The molecular weight excluding hydrogens is 292 g/mol. The van der Waals surface area contributed by atoms with Crippen LogP contribution in [0, 0.1) is 0 Å². The third-order valence-electron chi connectivity index (χ3n) is 4.90. The van der Waals surface area contributed by atoms with E-state index in [0.29, 0.717) is 38.8 Å². The molecule has 7 heteroatoms. The zero-order valence-electron chi connectivity index (χ0n) is 12.2. The molecule has 3 saturated heterocycles. The van der Waals surface area contributed by atoms with Crippen LogP contribution < -0.4 is 0 Å². The molecule has 6 nitrogen and oxygen atoms in total. The van der Waals surface area contributed by atoms with Crippen LogP contribution in [-0.4, -0.2) is 66.7 Å². The van der Waals surface area contributed by atoms with Crippen molar-refractivity contribution in [1.29, 1.82) is 0 Å². The Kier molecular flexibility index (Phi) is 3.94. The lowest BCUT2D eigenvalue weighted by molar-refractivity contribution is -0.143. The number of sulfone groups is 1. The van der Waals surface area contributed by atoms with E-state index in [2.05, 4.69) is 0 Å². The van der Waals surface area contributed by atoms with E-state index in [4.69, 9.17) is 0 Å². The lowest BCUT2D eigenvalue weighted by atomic mass is 10.0. The van der Waals surface area contributed by atoms with Gasteiger partial charge in [-0.2, -0.15) is 0 Å². The smallest absolute Gasteiger partial charge is 0.245 e. The van der Waals surface area contributed by atoms with Gasteiger partial charge in [-0.1, -0.05) is 0 Å². The van der Waals surface area contributed by atoms with Gasteiger partial charge in [0.1, 0.15) is 6.04 Å². The van der Waals surface area contributed by atoms with Crippen molar-refractivity contribution in [1.82, 2.24) is 9.80 Å². The first-order valence-corrected chi connectivity index (χ1v) is 9.50. The van der Waals surface area contributed by atoms with Crippen molar-refractivity contribution < 1.29 is 18.0 Å². The fourth-order valence-corrected chi connectivity index (χ4v) is 5.51. The summed E-state index contributed by atoms with van der Waals surface area (Å²) in [6.07, 6.45) is 4.24. The highest BCUT2D eigenvalue weighted by molar-refractivity contribution is 7.92. The summed E-state index contributed by atoms with van der Waals surface area (Å²) in [5.41, 5.74) is 0. The highest BCUT2D eigenvalue weighted by atomic mass is 32.2. The molecule has 0 saturated carbocycles. The van der Waals surface area contributed by atoms with E-state index in [1.807, 2.05) is 0 Å². The fraction of sp³-hybridized carbons (Fsp3) is 0.857. The summed E-state index contributed by atoms with van der Waals surface area (Å²) in [5.74, 6) is 0.209. The van der Waals surface area contributed by atoms with E-state index in [1.54, 1.807) is 9.80 Å². The molecule has 0 radical (unpaired) electrons. The number of nitrogens with zero attached hydrogens (tertiary/aromatic N) is 2. The molecule has 0 aromatic heterocycles. The molecule has 0 bridgehead atoms. The quantitative estimate of drug-likeness (QED) is 0.728. The van der Waals surface area contributed by atoms with Crippen molar-refractivity contribution in [3.05, 3.63) is 0 Å². The van der Waals surface area contributed by atoms with Gasteiger partial charge in [-0.15, -0.1) is 0 Å². The van der Waals surface area contributed by atoms with Crippen LogP contribution >= 0.6 is 0 Å². The second-order valence-corrected chi connectivity index (χ2v) is 8.66. The third-order valence-corrected chi connectivity index (χ3v) is 7.16. The van der Waals surface area contributed by atoms with Gasteiger partial charge in [0, 0.05) is 26.1 Å². The largest absolute Gasteiger partial charge is 0.339 e. The van der Waals surface area contributed by atoms with Gasteiger partial charge in [0.15, 0.2) is 9.84 Å². The highest BCUT2D eigenvalue weighted by Crippen LogP contribution is 2.26. The standard InChI is InChI=1S/C14H22N2O4S/c17-13-6-8-15(10-11-4-3-9-21(11,19)20)14(18)12-5-1-2-7-16(12)13/h11-12H,1-10H2. The second kappa shape index (κ2) is 5.59. The average Bonchev–Trinajstić information content (AvgIpc) is 2.75. The van der Waals surface area contributed by atoms with E-state index in [0.717, 1.165) is 12.8 Å². The van der Waals surface area contributed by atoms with Crippen molar-refractivity contribution in [2.75, 3.05) is 25.4 Å². The van der Waals surface area contributed by atoms with E-state index in [1.165, 1.54) is 0 Å². The first kappa shape index (κ1) is 14.8. The zero-order chi connectivity index (χ0) is 15.0. The van der Waals surface area contributed by atoms with Crippen molar-refractivity contribution in [2.24, 2.45) is 0 Å². The minimum absolute atomic E-state index is 0.0322. The van der Waals surface area contributed by atoms with Gasteiger partial charge in [0.2, 0.25) is 11.8 Å². The van der Waals surface area contributed by atoms with Crippen LogP contribution in [0.3, 0.4) is 0 Å². The number of hydrogen-bond donors (Lipinski definition) is 0. The number of carbonyl (C=O) groups excluding carboxylic acids is 2. The highest BCUT2D eigenvalue weighted by Gasteiger charge is 2.40. The third kappa shape index (κ3) is 2.80. The number of rotatable bonds is 2. The molecule has 2 amide bonds. The van der Waals surface area contributed by atoms with Gasteiger partial charge in [-0.3, -0.25) is 9.59 Å². The molecule has 3 aliphatic heterocycles. The van der Waals surface area contributed by atoms with Crippen molar-refractivity contribution in [3.8, 4) is 0 Å². The zero-order valence-corrected chi connectivity index (χ0v) is 13.0. The summed E-state index contributed by atoms with van der Waals surface area (Å²) < 4.78 is 23.9. The minimum Gasteiger partial charge on any atom is -0.339 e. The Labute approximate surface area is 125 Å². The Morgan fingerprint density at radius 1 is 1.05 bits per heavy atom. The molecular formula is C14H22N2O4S. The monoisotopic (exact) mass is 314 g/mol. The maximum absolute atomic E-state index is 12.7. The van der Waals surface area contributed by atoms with E-state index in [9.17, 15) is 18.0 Å². The van der Waals surface area contributed by atoms with Crippen molar-refractivity contribution in [3.63, 3.8) is 0 Å². The number of amides is 2. The summed E-state index contributed by atoms with van der Waals surface area (Å²) in [6, 6.07) is -0.363. The summed E-state index contributed by atoms with van der Waals surface area (Å²) >= 11 is 0. The summed E-state index contributed by atoms with van der Waals surface area (Å²) in [7, 11) is -3.06. The van der Waals surface area contributed by atoms with Crippen molar-refractivity contribution >= 4 is 21.7 Å². The maximum atomic E-state index is 12.7. The Hall–Kier alpha value is -1.11. The van der Waals surface area contributed by atoms with Crippen molar-refractivity contribution in [2.45, 2.75) is 49.8 Å². The molecule has 0 spiro atoms. The first-order valence-electron chi connectivity index (χ1n) is 7.79. The van der Waals surface area contributed by atoms with Gasteiger partial charge in [-0.25, -0.2) is 8.42 Å². The molecule has 21 heavy (non-hydrogen) atoms. The van der Waals surface area contributed by atoms with Gasteiger partial charge in [0.05, 0.1) is 11.0 Å². The molecule has 3 aliphatic rings. The summed E-state index contributed by atoms with van der Waals surface area (Å²) in [6.45, 7) is 1.28. The van der Waals surface area contributed by atoms with Crippen LogP contribution in [0.1, 0.15) is 38.5 Å².